The molecule has 28 heavy (non-hydrogen) atoms. The number of anilines is 1. The Morgan fingerprint density at radius 2 is 1.93 bits per heavy atom. The lowest BCUT2D eigenvalue weighted by Crippen LogP contribution is -2.52. The van der Waals surface area contributed by atoms with E-state index in [1.54, 1.807) is 0 Å². The van der Waals surface area contributed by atoms with Crippen LogP contribution in [-0.4, -0.2) is 74.9 Å². The molecule has 1 atom stereocenters. The van der Waals surface area contributed by atoms with Gasteiger partial charge in [-0.1, -0.05) is 13.8 Å². The number of ether oxygens (including phenoxy) is 1. The summed E-state index contributed by atoms with van der Waals surface area (Å²) in [6.07, 6.45) is 4.44. The van der Waals surface area contributed by atoms with Gasteiger partial charge in [-0.3, -0.25) is 9.89 Å². The minimum Gasteiger partial charge on any atom is -0.379 e. The Kier molecular flexibility index (Phi) is 7.91. The summed E-state index contributed by atoms with van der Waals surface area (Å²) in [5.74, 6) is 2.51. The summed E-state index contributed by atoms with van der Waals surface area (Å²) < 4.78 is 5.50. The first-order chi connectivity index (χ1) is 13.7. The molecule has 0 radical (unpaired) electrons. The van der Waals surface area contributed by atoms with E-state index in [9.17, 15) is 0 Å². The van der Waals surface area contributed by atoms with E-state index in [2.05, 4.69) is 56.4 Å². The Hall–Kier alpha value is -1.86. The summed E-state index contributed by atoms with van der Waals surface area (Å²) in [5.41, 5.74) is 1.23. The predicted molar refractivity (Wildman–Crippen MR) is 115 cm³/mol. The van der Waals surface area contributed by atoms with Crippen molar-refractivity contribution in [3.8, 4) is 0 Å². The van der Waals surface area contributed by atoms with Gasteiger partial charge in [0.25, 0.3) is 0 Å². The van der Waals surface area contributed by atoms with Crippen LogP contribution < -0.4 is 15.5 Å². The topological polar surface area (TPSA) is 65.0 Å². The minimum absolute atomic E-state index is 0.477. The average molecular weight is 389 g/mol. The van der Waals surface area contributed by atoms with E-state index in [1.165, 1.54) is 18.4 Å². The second kappa shape index (κ2) is 10.6. The van der Waals surface area contributed by atoms with E-state index in [-0.39, 0.29) is 0 Å². The molecule has 2 aliphatic rings. The average Bonchev–Trinajstić information content (AvgIpc) is 3.26. The molecule has 2 N–H and O–H groups in total. The van der Waals surface area contributed by atoms with Gasteiger partial charge in [0.2, 0.25) is 0 Å². The van der Waals surface area contributed by atoms with Crippen molar-refractivity contribution < 1.29 is 4.74 Å². The zero-order valence-electron chi connectivity index (χ0n) is 17.7. The summed E-state index contributed by atoms with van der Waals surface area (Å²) in [6, 6.07) is 4.74. The van der Waals surface area contributed by atoms with Gasteiger partial charge in [0.1, 0.15) is 5.82 Å². The number of guanidine groups is 1. The van der Waals surface area contributed by atoms with Gasteiger partial charge in [0.15, 0.2) is 5.96 Å². The molecule has 156 valence electrons. The van der Waals surface area contributed by atoms with Gasteiger partial charge >= 0.3 is 0 Å². The largest absolute Gasteiger partial charge is 0.379 e. The number of rotatable bonds is 7. The van der Waals surface area contributed by atoms with Crippen molar-refractivity contribution in [2.24, 2.45) is 10.9 Å². The predicted octanol–water partition coefficient (Wildman–Crippen LogP) is 1.70. The highest BCUT2D eigenvalue weighted by atomic mass is 16.5. The van der Waals surface area contributed by atoms with E-state index in [4.69, 9.17) is 4.74 Å². The summed E-state index contributed by atoms with van der Waals surface area (Å²) in [4.78, 5) is 13.8. The maximum atomic E-state index is 5.50. The molecule has 3 heterocycles. The molecule has 0 spiro atoms. The Morgan fingerprint density at radius 1 is 1.18 bits per heavy atom. The molecule has 2 saturated heterocycles. The standard InChI is InChI=1S/C21H36N6O/c1-17(2)19(26-10-12-28-13-11-26)16-25-21(22-3)24-15-18-6-7-23-20(14-18)27-8-4-5-9-27/h6-7,14,17,19H,4-5,8-13,15-16H2,1-3H3,(H2,22,24,25). The molecule has 3 rings (SSSR count). The van der Waals surface area contributed by atoms with Crippen LogP contribution in [0.5, 0.6) is 0 Å². The van der Waals surface area contributed by atoms with Crippen LogP contribution in [0.15, 0.2) is 23.3 Å². The normalized spacial score (nSPS) is 19.9. The van der Waals surface area contributed by atoms with Crippen molar-refractivity contribution >= 4 is 11.8 Å². The lowest BCUT2D eigenvalue weighted by molar-refractivity contribution is 0.00752. The van der Waals surface area contributed by atoms with Gasteiger partial charge in [0.05, 0.1) is 13.2 Å². The fraction of sp³-hybridized carbons (Fsp3) is 0.714. The third kappa shape index (κ3) is 5.82. The quantitative estimate of drug-likeness (QED) is 0.548. The first-order valence-corrected chi connectivity index (χ1v) is 10.6. The molecule has 0 bridgehead atoms. The van der Waals surface area contributed by atoms with Crippen molar-refractivity contribution in [1.82, 2.24) is 20.5 Å². The second-order valence-corrected chi connectivity index (χ2v) is 7.98. The van der Waals surface area contributed by atoms with Crippen molar-refractivity contribution in [2.45, 2.75) is 39.3 Å². The van der Waals surface area contributed by atoms with E-state index in [1.807, 2.05) is 13.2 Å². The van der Waals surface area contributed by atoms with Crippen molar-refractivity contribution in [3.63, 3.8) is 0 Å². The van der Waals surface area contributed by atoms with Crippen molar-refractivity contribution in [3.05, 3.63) is 23.9 Å². The fourth-order valence-electron chi connectivity index (χ4n) is 3.99. The molecule has 1 aromatic heterocycles. The molecular weight excluding hydrogens is 352 g/mol. The molecule has 7 heteroatoms. The monoisotopic (exact) mass is 388 g/mol. The number of aliphatic imine (C=N–C) groups is 1. The number of nitrogens with zero attached hydrogens (tertiary/aromatic N) is 4. The van der Waals surface area contributed by atoms with Crippen LogP contribution >= 0.6 is 0 Å². The highest BCUT2D eigenvalue weighted by Gasteiger charge is 2.23. The molecule has 0 amide bonds. The van der Waals surface area contributed by atoms with E-state index < -0.39 is 0 Å². The molecule has 0 aromatic carbocycles. The second-order valence-electron chi connectivity index (χ2n) is 7.98. The molecule has 2 aliphatic heterocycles. The molecule has 0 saturated carbocycles. The maximum absolute atomic E-state index is 5.50. The van der Waals surface area contributed by atoms with Crippen molar-refractivity contribution in [2.75, 3.05) is 57.9 Å². The number of nitrogens with one attached hydrogen (secondary N) is 2. The summed E-state index contributed by atoms with van der Waals surface area (Å²) in [6.45, 7) is 12.1. The Morgan fingerprint density at radius 3 is 2.61 bits per heavy atom. The first-order valence-electron chi connectivity index (χ1n) is 10.6. The molecule has 1 aromatic rings. The zero-order valence-corrected chi connectivity index (χ0v) is 17.7. The number of hydrogen-bond acceptors (Lipinski definition) is 5. The highest BCUT2D eigenvalue weighted by molar-refractivity contribution is 5.79. The SMILES string of the molecule is CN=C(NCc1ccnc(N2CCCC2)c1)NCC(C(C)C)N1CCOCC1. The van der Waals surface area contributed by atoms with Crippen LogP contribution in [0.2, 0.25) is 0 Å². The van der Waals surface area contributed by atoms with Gasteiger partial charge < -0.3 is 20.3 Å². The number of pyridine rings is 1. The first kappa shape index (κ1) is 20.9. The van der Waals surface area contributed by atoms with Crippen LogP contribution in [0, 0.1) is 5.92 Å². The number of morpholine rings is 1. The van der Waals surface area contributed by atoms with E-state index in [0.717, 1.165) is 64.3 Å². The van der Waals surface area contributed by atoms with Gasteiger partial charge in [-0.2, -0.15) is 0 Å². The van der Waals surface area contributed by atoms with Crippen LogP contribution in [0.3, 0.4) is 0 Å². The van der Waals surface area contributed by atoms with Gasteiger partial charge in [0, 0.05) is 58.6 Å². The third-order valence-corrected chi connectivity index (χ3v) is 5.69. The smallest absolute Gasteiger partial charge is 0.191 e. The maximum Gasteiger partial charge on any atom is 0.191 e. The van der Waals surface area contributed by atoms with Crippen LogP contribution in [0.25, 0.3) is 0 Å². The Bertz CT molecular complexity index is 623. The number of aromatic nitrogens is 1. The Labute approximate surface area is 169 Å². The van der Waals surface area contributed by atoms with Gasteiger partial charge in [-0.25, -0.2) is 4.98 Å². The molecular formula is C21H36N6O. The molecule has 7 nitrogen and oxygen atoms in total. The highest BCUT2D eigenvalue weighted by Crippen LogP contribution is 2.18. The summed E-state index contributed by atoms with van der Waals surface area (Å²) in [7, 11) is 1.83. The fourth-order valence-corrected chi connectivity index (χ4v) is 3.99. The van der Waals surface area contributed by atoms with Gasteiger partial charge in [-0.15, -0.1) is 0 Å². The lowest BCUT2D eigenvalue weighted by Gasteiger charge is -2.37. The summed E-state index contributed by atoms with van der Waals surface area (Å²) >= 11 is 0. The summed E-state index contributed by atoms with van der Waals surface area (Å²) in [5, 5.41) is 6.97. The zero-order chi connectivity index (χ0) is 19.8. The molecule has 1 unspecified atom stereocenters. The van der Waals surface area contributed by atoms with Gasteiger partial charge in [-0.05, 0) is 36.5 Å². The lowest BCUT2D eigenvalue weighted by atomic mass is 10.0. The van der Waals surface area contributed by atoms with E-state index >= 15 is 0 Å². The third-order valence-electron chi connectivity index (χ3n) is 5.69. The number of hydrogen-bond donors (Lipinski definition) is 2. The minimum atomic E-state index is 0.477. The molecule has 2 fully saturated rings. The van der Waals surface area contributed by atoms with E-state index in [0.29, 0.717) is 12.0 Å². The Balaban J connectivity index is 1.50. The van der Waals surface area contributed by atoms with Crippen LogP contribution in [0.4, 0.5) is 5.82 Å². The van der Waals surface area contributed by atoms with Crippen LogP contribution in [-0.2, 0) is 11.3 Å². The van der Waals surface area contributed by atoms with Crippen LogP contribution in [0.1, 0.15) is 32.3 Å². The molecule has 0 aliphatic carbocycles. The van der Waals surface area contributed by atoms with Crippen molar-refractivity contribution in [1.29, 1.82) is 0 Å².